The van der Waals surface area contributed by atoms with Gasteiger partial charge in [0.1, 0.15) is 12.2 Å². The number of nitrogens with one attached hydrogen (secondary N) is 2. The quantitative estimate of drug-likeness (QED) is 0.438. The van der Waals surface area contributed by atoms with E-state index in [0.29, 0.717) is 38.2 Å². The summed E-state index contributed by atoms with van der Waals surface area (Å²) in [4.78, 5) is 35.1. The lowest BCUT2D eigenvalue weighted by Gasteiger charge is -2.16. The summed E-state index contributed by atoms with van der Waals surface area (Å²) in [6.45, 7) is 2.34. The number of hydrogen-bond acceptors (Lipinski definition) is 5. The number of carbonyl (C=O) groups excluding carboxylic acids is 3. The van der Waals surface area contributed by atoms with Crippen molar-refractivity contribution in [2.24, 2.45) is 0 Å². The van der Waals surface area contributed by atoms with E-state index in [0.717, 1.165) is 5.56 Å². The molecule has 1 saturated heterocycles. The molecule has 2 aromatic rings. The summed E-state index contributed by atoms with van der Waals surface area (Å²) >= 11 is 15.5. The Morgan fingerprint density at radius 3 is 2.37 bits per heavy atom. The SMILES string of the molecule is CCOc1cc(C=C2C(=O)NC(=O)NC2=O)cc(Br)c1OCc1ccc(Cl)cc1Cl. The molecule has 0 unspecified atom stereocenters. The van der Waals surface area contributed by atoms with Gasteiger partial charge in [-0.15, -0.1) is 0 Å². The lowest BCUT2D eigenvalue weighted by Crippen LogP contribution is -2.51. The number of rotatable bonds is 6. The Balaban J connectivity index is 1.90. The number of barbiturate groups is 1. The molecule has 2 aromatic carbocycles. The Labute approximate surface area is 190 Å². The Morgan fingerprint density at radius 1 is 1.03 bits per heavy atom. The molecule has 0 bridgehead atoms. The first kappa shape index (κ1) is 22.1. The number of amides is 4. The summed E-state index contributed by atoms with van der Waals surface area (Å²) < 4.78 is 12.1. The summed E-state index contributed by atoms with van der Waals surface area (Å²) in [6.07, 6.45) is 1.35. The molecule has 0 radical (unpaired) electrons. The second kappa shape index (κ2) is 9.51. The zero-order chi connectivity index (χ0) is 21.8. The van der Waals surface area contributed by atoms with E-state index in [4.69, 9.17) is 32.7 Å². The molecule has 0 spiro atoms. The number of hydrogen-bond donors (Lipinski definition) is 2. The van der Waals surface area contributed by atoms with Crippen LogP contribution in [0.25, 0.3) is 6.08 Å². The van der Waals surface area contributed by atoms with Crippen molar-refractivity contribution in [3.8, 4) is 11.5 Å². The van der Waals surface area contributed by atoms with Crippen LogP contribution in [0.5, 0.6) is 11.5 Å². The molecule has 156 valence electrons. The van der Waals surface area contributed by atoms with Gasteiger partial charge in [0, 0.05) is 15.6 Å². The van der Waals surface area contributed by atoms with E-state index >= 15 is 0 Å². The van der Waals surface area contributed by atoms with Gasteiger partial charge in [-0.05, 0) is 58.8 Å². The maximum absolute atomic E-state index is 11.9. The predicted octanol–water partition coefficient (Wildman–Crippen LogP) is 4.48. The molecule has 0 saturated carbocycles. The lowest BCUT2D eigenvalue weighted by molar-refractivity contribution is -0.123. The van der Waals surface area contributed by atoms with E-state index in [9.17, 15) is 14.4 Å². The van der Waals surface area contributed by atoms with Crippen LogP contribution in [0, 0.1) is 0 Å². The average molecular weight is 514 g/mol. The molecule has 1 fully saturated rings. The predicted molar refractivity (Wildman–Crippen MR) is 116 cm³/mol. The second-order valence-electron chi connectivity index (χ2n) is 6.08. The average Bonchev–Trinajstić information content (AvgIpc) is 2.65. The molecule has 2 N–H and O–H groups in total. The van der Waals surface area contributed by atoms with E-state index < -0.39 is 17.8 Å². The largest absolute Gasteiger partial charge is 0.490 e. The molecule has 30 heavy (non-hydrogen) atoms. The first-order valence-electron chi connectivity index (χ1n) is 8.70. The van der Waals surface area contributed by atoms with Crippen molar-refractivity contribution in [1.29, 1.82) is 0 Å². The molecule has 1 aliphatic rings. The first-order valence-corrected chi connectivity index (χ1v) is 10.2. The van der Waals surface area contributed by atoms with Crippen LogP contribution in [0.2, 0.25) is 10.0 Å². The molecular formula is C20H15BrCl2N2O5. The summed E-state index contributed by atoms with van der Waals surface area (Å²) in [5.74, 6) is -0.736. The van der Waals surface area contributed by atoms with E-state index in [-0.39, 0.29) is 12.2 Å². The minimum atomic E-state index is -0.858. The standard InChI is InChI=1S/C20H15BrCl2N2O5/c1-2-29-16-7-10(5-13-18(26)24-20(28)25-19(13)27)6-14(21)17(16)30-9-11-3-4-12(22)8-15(11)23/h3-8H,2,9H2,1H3,(H2,24,25,26,27,28). The zero-order valence-corrected chi connectivity index (χ0v) is 18.7. The third-order valence-corrected chi connectivity index (χ3v) is 5.15. The minimum absolute atomic E-state index is 0.169. The van der Waals surface area contributed by atoms with Crippen LogP contribution in [0.1, 0.15) is 18.1 Å². The summed E-state index contributed by atoms with van der Waals surface area (Å²) in [6, 6.07) is 7.52. The maximum atomic E-state index is 11.9. The molecule has 0 aliphatic carbocycles. The van der Waals surface area contributed by atoms with E-state index in [1.807, 2.05) is 17.6 Å². The van der Waals surface area contributed by atoms with Gasteiger partial charge in [-0.1, -0.05) is 29.3 Å². The van der Waals surface area contributed by atoms with Crippen LogP contribution >= 0.6 is 39.1 Å². The van der Waals surface area contributed by atoms with Gasteiger partial charge in [-0.25, -0.2) is 4.79 Å². The summed E-state index contributed by atoms with van der Waals surface area (Å²) in [5, 5.41) is 5.05. The maximum Gasteiger partial charge on any atom is 0.328 e. The minimum Gasteiger partial charge on any atom is -0.490 e. The van der Waals surface area contributed by atoms with Crippen molar-refractivity contribution in [1.82, 2.24) is 10.6 Å². The van der Waals surface area contributed by atoms with Gasteiger partial charge in [-0.3, -0.25) is 20.2 Å². The molecule has 10 heteroatoms. The van der Waals surface area contributed by atoms with Gasteiger partial charge < -0.3 is 9.47 Å². The summed E-state index contributed by atoms with van der Waals surface area (Å²) in [7, 11) is 0. The van der Waals surface area contributed by atoms with E-state index in [2.05, 4.69) is 15.9 Å². The normalized spacial score (nSPS) is 13.6. The highest BCUT2D eigenvalue weighted by Crippen LogP contribution is 2.38. The van der Waals surface area contributed by atoms with Crippen LogP contribution in [0.4, 0.5) is 4.79 Å². The Hall–Kier alpha value is -2.55. The Bertz CT molecular complexity index is 1050. The van der Waals surface area contributed by atoms with Crippen LogP contribution in [0.15, 0.2) is 40.4 Å². The monoisotopic (exact) mass is 512 g/mol. The van der Waals surface area contributed by atoms with Crippen molar-refractivity contribution in [2.75, 3.05) is 6.61 Å². The third kappa shape index (κ3) is 5.13. The van der Waals surface area contributed by atoms with Crippen molar-refractivity contribution >= 4 is 63.1 Å². The van der Waals surface area contributed by atoms with Crippen LogP contribution in [-0.4, -0.2) is 24.5 Å². The molecular weight excluding hydrogens is 499 g/mol. The van der Waals surface area contributed by atoms with Crippen molar-refractivity contribution < 1.29 is 23.9 Å². The Morgan fingerprint density at radius 2 is 1.73 bits per heavy atom. The zero-order valence-electron chi connectivity index (χ0n) is 15.6. The molecule has 0 atom stereocenters. The van der Waals surface area contributed by atoms with Crippen molar-refractivity contribution in [3.05, 3.63) is 61.5 Å². The molecule has 0 aromatic heterocycles. The number of urea groups is 1. The van der Waals surface area contributed by atoms with Gasteiger partial charge in [0.15, 0.2) is 11.5 Å². The van der Waals surface area contributed by atoms with Gasteiger partial charge >= 0.3 is 6.03 Å². The number of ether oxygens (including phenoxy) is 2. The topological polar surface area (TPSA) is 93.7 Å². The molecule has 3 rings (SSSR count). The van der Waals surface area contributed by atoms with Gasteiger partial charge in [0.25, 0.3) is 11.8 Å². The van der Waals surface area contributed by atoms with Gasteiger partial charge in [-0.2, -0.15) is 0 Å². The lowest BCUT2D eigenvalue weighted by atomic mass is 10.1. The molecule has 7 nitrogen and oxygen atoms in total. The van der Waals surface area contributed by atoms with Gasteiger partial charge in [0.2, 0.25) is 0 Å². The summed E-state index contributed by atoms with van der Waals surface area (Å²) in [5.41, 5.74) is 1.03. The van der Waals surface area contributed by atoms with Crippen LogP contribution < -0.4 is 20.1 Å². The third-order valence-electron chi connectivity index (χ3n) is 3.97. The number of halogens is 3. The second-order valence-corrected chi connectivity index (χ2v) is 7.78. The molecule has 1 heterocycles. The molecule has 4 amide bonds. The van der Waals surface area contributed by atoms with Crippen molar-refractivity contribution in [2.45, 2.75) is 13.5 Å². The fourth-order valence-electron chi connectivity index (χ4n) is 2.64. The highest BCUT2D eigenvalue weighted by atomic mass is 79.9. The highest BCUT2D eigenvalue weighted by Gasteiger charge is 2.28. The highest BCUT2D eigenvalue weighted by molar-refractivity contribution is 9.10. The fraction of sp³-hybridized carbons (Fsp3) is 0.150. The van der Waals surface area contributed by atoms with E-state index in [1.165, 1.54) is 6.08 Å². The number of carbonyl (C=O) groups is 3. The smallest absolute Gasteiger partial charge is 0.328 e. The van der Waals surface area contributed by atoms with Crippen LogP contribution in [-0.2, 0) is 16.2 Å². The Kier molecular flexibility index (Phi) is 7.02. The fourth-order valence-corrected chi connectivity index (χ4v) is 3.67. The van der Waals surface area contributed by atoms with Crippen LogP contribution in [0.3, 0.4) is 0 Å². The molecule has 1 aliphatic heterocycles. The number of imide groups is 2. The van der Waals surface area contributed by atoms with Crippen molar-refractivity contribution in [3.63, 3.8) is 0 Å². The first-order chi connectivity index (χ1) is 14.3. The van der Waals surface area contributed by atoms with E-state index in [1.54, 1.807) is 30.3 Å². The number of benzene rings is 2. The van der Waals surface area contributed by atoms with Gasteiger partial charge in [0.05, 0.1) is 11.1 Å².